The predicted octanol–water partition coefficient (Wildman–Crippen LogP) is 5.02. The molecule has 0 spiro atoms. The molecule has 22 heavy (non-hydrogen) atoms. The molecule has 0 aromatic rings. The Morgan fingerprint density at radius 2 is 1.95 bits per heavy atom. The Balaban J connectivity index is 2.11. The molecule has 0 saturated carbocycles. The minimum absolute atomic E-state index is 0.0912. The molecule has 0 radical (unpaired) electrons. The van der Waals surface area contributed by atoms with E-state index >= 15 is 0 Å². The van der Waals surface area contributed by atoms with Gasteiger partial charge in [-0.05, 0) is 71.1 Å². The van der Waals surface area contributed by atoms with Gasteiger partial charge in [0.2, 0.25) is 0 Å². The van der Waals surface area contributed by atoms with Crippen LogP contribution in [0.1, 0.15) is 73.1 Å². The molecule has 1 fully saturated rings. The van der Waals surface area contributed by atoms with E-state index in [0.717, 1.165) is 38.5 Å². The van der Waals surface area contributed by atoms with E-state index in [9.17, 15) is 5.11 Å². The third-order valence-electron chi connectivity index (χ3n) is 5.51. The lowest BCUT2D eigenvalue weighted by Crippen LogP contribution is -2.22. The van der Waals surface area contributed by atoms with E-state index in [2.05, 4.69) is 39.8 Å². The average Bonchev–Trinajstić information content (AvgIpc) is 3.06. The van der Waals surface area contributed by atoms with Gasteiger partial charge in [-0.1, -0.05) is 37.6 Å². The van der Waals surface area contributed by atoms with E-state index in [1.807, 2.05) is 13.0 Å². The highest BCUT2D eigenvalue weighted by Gasteiger charge is 2.50. The SMILES string of the molecule is C/C1=C\CCC(C)(O)/C=C/C(C(C)C)CCC2(C)OC2CC1. The molecule has 1 aliphatic carbocycles. The number of hydrogen-bond acceptors (Lipinski definition) is 2. The predicted molar refractivity (Wildman–Crippen MR) is 92.8 cm³/mol. The van der Waals surface area contributed by atoms with Crippen LogP contribution in [0, 0.1) is 11.8 Å². The Morgan fingerprint density at radius 1 is 1.23 bits per heavy atom. The summed E-state index contributed by atoms with van der Waals surface area (Å²) in [5, 5.41) is 10.5. The molecule has 4 unspecified atom stereocenters. The maximum Gasteiger partial charge on any atom is 0.0920 e. The van der Waals surface area contributed by atoms with E-state index < -0.39 is 5.60 Å². The molecule has 0 aromatic carbocycles. The topological polar surface area (TPSA) is 32.8 Å². The molecular weight excluding hydrogens is 272 g/mol. The molecule has 2 nitrogen and oxygen atoms in total. The number of ether oxygens (including phenoxy) is 1. The molecule has 0 bridgehead atoms. The minimum Gasteiger partial charge on any atom is -0.386 e. The third-order valence-corrected chi connectivity index (χ3v) is 5.51. The van der Waals surface area contributed by atoms with Gasteiger partial charge in [0.25, 0.3) is 0 Å². The highest BCUT2D eigenvalue weighted by atomic mass is 16.6. The van der Waals surface area contributed by atoms with Crippen LogP contribution in [-0.2, 0) is 4.74 Å². The van der Waals surface area contributed by atoms with Gasteiger partial charge in [-0.2, -0.15) is 0 Å². The van der Waals surface area contributed by atoms with E-state index in [4.69, 9.17) is 4.74 Å². The summed E-state index contributed by atoms with van der Waals surface area (Å²) in [6.07, 6.45) is 13.3. The van der Waals surface area contributed by atoms with Gasteiger partial charge in [-0.15, -0.1) is 0 Å². The highest BCUT2D eigenvalue weighted by Crippen LogP contribution is 2.44. The lowest BCUT2D eigenvalue weighted by Gasteiger charge is -2.23. The van der Waals surface area contributed by atoms with Crippen molar-refractivity contribution in [2.45, 2.75) is 90.4 Å². The number of fused-ring (bicyclic) bond motifs is 1. The van der Waals surface area contributed by atoms with Crippen molar-refractivity contribution in [3.05, 3.63) is 23.8 Å². The summed E-state index contributed by atoms with van der Waals surface area (Å²) in [5.74, 6) is 1.12. The van der Waals surface area contributed by atoms with Crippen molar-refractivity contribution < 1.29 is 9.84 Å². The number of allylic oxidation sites excluding steroid dienone is 3. The average molecular weight is 306 g/mol. The Bertz CT molecular complexity index is 433. The zero-order valence-corrected chi connectivity index (χ0v) is 15.1. The van der Waals surface area contributed by atoms with Crippen LogP contribution in [0.5, 0.6) is 0 Å². The summed E-state index contributed by atoms with van der Waals surface area (Å²) in [7, 11) is 0. The molecule has 0 amide bonds. The number of hydrogen-bond donors (Lipinski definition) is 1. The smallest absolute Gasteiger partial charge is 0.0920 e. The summed E-state index contributed by atoms with van der Waals surface area (Å²) in [4.78, 5) is 0. The molecule has 4 atom stereocenters. The van der Waals surface area contributed by atoms with Crippen LogP contribution >= 0.6 is 0 Å². The van der Waals surface area contributed by atoms with Crippen molar-refractivity contribution in [3.8, 4) is 0 Å². The first kappa shape index (κ1) is 17.7. The standard InChI is InChI=1S/C20H34O2/c1-15(2)17-10-13-19(4,21)12-6-7-16(3)8-9-18-20(5,22-18)14-11-17/h7,10,13,15,17-18,21H,6,8-9,11-12,14H2,1-5H3/b13-10+,16-7+. The van der Waals surface area contributed by atoms with Crippen LogP contribution in [-0.4, -0.2) is 22.4 Å². The fourth-order valence-electron chi connectivity index (χ4n) is 3.47. The van der Waals surface area contributed by atoms with Crippen molar-refractivity contribution in [1.82, 2.24) is 0 Å². The summed E-state index contributed by atoms with van der Waals surface area (Å²) in [5.41, 5.74) is 0.819. The zero-order valence-electron chi connectivity index (χ0n) is 15.1. The van der Waals surface area contributed by atoms with E-state index in [-0.39, 0.29) is 5.60 Å². The summed E-state index contributed by atoms with van der Waals surface area (Å²) >= 11 is 0. The first-order valence-electron chi connectivity index (χ1n) is 8.97. The fourth-order valence-corrected chi connectivity index (χ4v) is 3.47. The molecule has 0 aromatic heterocycles. The first-order chi connectivity index (χ1) is 10.2. The second kappa shape index (κ2) is 6.88. The normalized spacial score (nSPS) is 44.6. The first-order valence-corrected chi connectivity index (χ1v) is 8.97. The molecule has 126 valence electrons. The van der Waals surface area contributed by atoms with Gasteiger partial charge in [0, 0.05) is 0 Å². The molecule has 2 rings (SSSR count). The van der Waals surface area contributed by atoms with Gasteiger partial charge in [0.1, 0.15) is 0 Å². The van der Waals surface area contributed by atoms with Crippen LogP contribution in [0.4, 0.5) is 0 Å². The maximum atomic E-state index is 10.5. The van der Waals surface area contributed by atoms with Crippen LogP contribution in [0.2, 0.25) is 0 Å². The van der Waals surface area contributed by atoms with E-state index in [1.165, 1.54) is 5.57 Å². The Labute approximate surface area is 136 Å². The van der Waals surface area contributed by atoms with Gasteiger partial charge in [-0.3, -0.25) is 0 Å². The van der Waals surface area contributed by atoms with Crippen molar-refractivity contribution in [2.75, 3.05) is 0 Å². The van der Waals surface area contributed by atoms with E-state index in [1.54, 1.807) is 0 Å². The largest absolute Gasteiger partial charge is 0.386 e. The Kier molecular flexibility index (Phi) is 5.55. The van der Waals surface area contributed by atoms with Crippen molar-refractivity contribution in [3.63, 3.8) is 0 Å². The zero-order chi connectivity index (χ0) is 16.4. The highest BCUT2D eigenvalue weighted by molar-refractivity contribution is 5.08. The molecule has 1 heterocycles. The van der Waals surface area contributed by atoms with Crippen LogP contribution < -0.4 is 0 Å². The van der Waals surface area contributed by atoms with E-state index in [0.29, 0.717) is 17.9 Å². The lowest BCUT2D eigenvalue weighted by atomic mass is 9.84. The van der Waals surface area contributed by atoms with Gasteiger partial charge >= 0.3 is 0 Å². The molecular formula is C20H34O2. The van der Waals surface area contributed by atoms with Crippen LogP contribution in [0.25, 0.3) is 0 Å². The van der Waals surface area contributed by atoms with Gasteiger partial charge < -0.3 is 9.84 Å². The monoisotopic (exact) mass is 306 g/mol. The third kappa shape index (κ3) is 4.96. The fraction of sp³-hybridized carbons (Fsp3) is 0.800. The van der Waals surface area contributed by atoms with Gasteiger partial charge in [-0.25, -0.2) is 0 Å². The minimum atomic E-state index is -0.698. The number of epoxide rings is 1. The van der Waals surface area contributed by atoms with Crippen LogP contribution in [0.15, 0.2) is 23.8 Å². The summed E-state index contributed by atoms with van der Waals surface area (Å²) < 4.78 is 6.00. The van der Waals surface area contributed by atoms with Gasteiger partial charge in [0.15, 0.2) is 0 Å². The second-order valence-electron chi connectivity index (χ2n) is 8.21. The Morgan fingerprint density at radius 3 is 2.64 bits per heavy atom. The van der Waals surface area contributed by atoms with Crippen molar-refractivity contribution in [2.24, 2.45) is 11.8 Å². The summed E-state index contributed by atoms with van der Waals surface area (Å²) in [6, 6.07) is 0. The molecule has 1 aliphatic heterocycles. The van der Waals surface area contributed by atoms with Crippen molar-refractivity contribution in [1.29, 1.82) is 0 Å². The van der Waals surface area contributed by atoms with Crippen molar-refractivity contribution >= 4 is 0 Å². The molecule has 2 heteroatoms. The molecule has 1 saturated heterocycles. The Hall–Kier alpha value is -0.600. The summed E-state index contributed by atoms with van der Waals surface area (Å²) in [6.45, 7) is 10.9. The lowest BCUT2D eigenvalue weighted by molar-refractivity contribution is 0.102. The molecule has 1 N–H and O–H groups in total. The quantitative estimate of drug-likeness (QED) is 0.545. The number of aliphatic hydroxyl groups is 1. The number of rotatable bonds is 1. The van der Waals surface area contributed by atoms with Gasteiger partial charge in [0.05, 0.1) is 17.3 Å². The maximum absolute atomic E-state index is 10.5. The van der Waals surface area contributed by atoms with Crippen LogP contribution in [0.3, 0.4) is 0 Å². The molecule has 2 aliphatic rings. The second-order valence-corrected chi connectivity index (χ2v) is 8.21.